The van der Waals surface area contributed by atoms with Crippen molar-refractivity contribution < 1.29 is 10.2 Å². The highest BCUT2D eigenvalue weighted by atomic mass is 16.3. The zero-order valence-electron chi connectivity index (χ0n) is 29.3. The highest BCUT2D eigenvalue weighted by molar-refractivity contribution is 5.87. The van der Waals surface area contributed by atoms with Gasteiger partial charge in [0.2, 0.25) is 0 Å². The van der Waals surface area contributed by atoms with E-state index in [-0.39, 0.29) is 0 Å². The highest BCUT2D eigenvalue weighted by Gasteiger charge is 2.46. The fraction of sp³-hybridized carbons (Fsp3) is 0.0588. The van der Waals surface area contributed by atoms with E-state index in [1.165, 1.54) is 33.4 Å². The van der Waals surface area contributed by atoms with Crippen molar-refractivity contribution in [3.05, 3.63) is 239 Å². The first-order chi connectivity index (χ1) is 26.1. The lowest BCUT2D eigenvalue weighted by atomic mass is 9.67. The normalized spacial score (nSPS) is 12.6. The minimum Gasteiger partial charge on any atom is -0.508 e. The van der Waals surface area contributed by atoms with Crippen LogP contribution in [0.2, 0.25) is 0 Å². The molecule has 2 N–H and O–H groups in total. The molecule has 0 heterocycles. The first kappa shape index (κ1) is 32.3. The summed E-state index contributed by atoms with van der Waals surface area (Å²) in [6, 6.07) is 68.0. The van der Waals surface area contributed by atoms with Crippen LogP contribution < -0.4 is 0 Å². The van der Waals surface area contributed by atoms with Gasteiger partial charge in [-0.05, 0) is 114 Å². The van der Waals surface area contributed by atoms with Crippen molar-refractivity contribution in [3.8, 4) is 44.9 Å². The Labute approximate surface area is 311 Å². The molecule has 2 nitrogen and oxygen atoms in total. The van der Waals surface area contributed by atoms with Gasteiger partial charge in [-0.1, -0.05) is 158 Å². The van der Waals surface area contributed by atoms with Crippen LogP contribution in [0, 0.1) is 0 Å². The predicted molar refractivity (Wildman–Crippen MR) is 216 cm³/mol. The van der Waals surface area contributed by atoms with Crippen LogP contribution in [-0.2, 0) is 18.3 Å². The molecule has 2 heteroatoms. The largest absolute Gasteiger partial charge is 0.508 e. The van der Waals surface area contributed by atoms with Crippen molar-refractivity contribution in [3.63, 3.8) is 0 Å². The summed E-state index contributed by atoms with van der Waals surface area (Å²) in [7, 11) is 0. The van der Waals surface area contributed by atoms with Crippen LogP contribution in [0.4, 0.5) is 0 Å². The molecule has 1 aliphatic rings. The smallest absolute Gasteiger partial charge is 0.119 e. The molecular weight excluding hydrogens is 645 g/mol. The van der Waals surface area contributed by atoms with E-state index >= 15 is 0 Å². The third-order valence-corrected chi connectivity index (χ3v) is 10.8. The van der Waals surface area contributed by atoms with Crippen LogP contribution >= 0.6 is 0 Å². The van der Waals surface area contributed by atoms with Gasteiger partial charge in [0.05, 0.1) is 5.41 Å². The Bertz CT molecular complexity index is 2400. The van der Waals surface area contributed by atoms with Crippen LogP contribution in [0.3, 0.4) is 0 Å². The molecule has 0 aliphatic heterocycles. The van der Waals surface area contributed by atoms with Crippen LogP contribution in [0.1, 0.15) is 44.5 Å². The molecule has 8 aromatic rings. The van der Waals surface area contributed by atoms with E-state index in [2.05, 4.69) is 133 Å². The summed E-state index contributed by atoms with van der Waals surface area (Å²) in [4.78, 5) is 0. The second kappa shape index (κ2) is 13.5. The first-order valence-corrected chi connectivity index (χ1v) is 18.2. The summed E-state index contributed by atoms with van der Waals surface area (Å²) >= 11 is 0. The third kappa shape index (κ3) is 5.79. The van der Waals surface area contributed by atoms with Crippen molar-refractivity contribution in [1.29, 1.82) is 0 Å². The average Bonchev–Trinajstić information content (AvgIpc) is 3.52. The molecule has 254 valence electrons. The van der Waals surface area contributed by atoms with Crippen molar-refractivity contribution in [1.82, 2.24) is 0 Å². The minimum atomic E-state index is -0.590. The molecule has 8 aromatic carbocycles. The Morgan fingerprint density at radius 3 is 1.19 bits per heavy atom. The summed E-state index contributed by atoms with van der Waals surface area (Å²) < 4.78 is 0. The summed E-state index contributed by atoms with van der Waals surface area (Å²) in [5, 5.41) is 21.8. The van der Waals surface area contributed by atoms with Gasteiger partial charge in [0.25, 0.3) is 0 Å². The molecule has 0 radical (unpaired) electrons. The first-order valence-electron chi connectivity index (χ1n) is 18.2. The second-order valence-electron chi connectivity index (χ2n) is 14.0. The zero-order valence-corrected chi connectivity index (χ0v) is 29.3. The SMILES string of the molecule is Oc1ccc(-c2cccc(C3(c4cccc(-c5ccc(O)c(Cc6ccccc6)c5)c4)c4ccccc4-c4ccccc43)c2)cc1Cc1ccccc1. The molecule has 0 atom stereocenters. The quantitative estimate of drug-likeness (QED) is 0.167. The zero-order chi connectivity index (χ0) is 35.8. The Hall–Kier alpha value is -6.64. The lowest BCUT2D eigenvalue weighted by molar-refractivity contribution is 0.469. The van der Waals surface area contributed by atoms with E-state index in [0.717, 1.165) is 44.5 Å². The van der Waals surface area contributed by atoms with Crippen LogP contribution in [0.15, 0.2) is 194 Å². The number of hydrogen-bond acceptors (Lipinski definition) is 2. The van der Waals surface area contributed by atoms with Gasteiger partial charge in [-0.25, -0.2) is 0 Å². The lowest BCUT2D eigenvalue weighted by Crippen LogP contribution is -2.28. The maximum atomic E-state index is 10.9. The molecule has 0 spiro atoms. The fourth-order valence-electron chi connectivity index (χ4n) is 8.33. The van der Waals surface area contributed by atoms with Crippen molar-refractivity contribution in [2.24, 2.45) is 0 Å². The van der Waals surface area contributed by atoms with Gasteiger partial charge in [-0.3, -0.25) is 0 Å². The molecular formula is C51H38O2. The standard InChI is InChI=1S/C51H38O2/c52-49-27-25-39(31-41(49)29-35-13-3-1-4-14-35)37-17-11-19-43(33-37)51(47-23-9-7-21-45(47)46-22-8-10-24-48(46)51)44-20-12-18-38(34-44)40-26-28-50(53)42(32-40)30-36-15-5-2-6-16-36/h1-28,31-34,52-53H,29-30H2. The number of aromatic hydroxyl groups is 2. The number of fused-ring (bicyclic) bond motifs is 3. The number of benzene rings is 8. The van der Waals surface area contributed by atoms with Gasteiger partial charge in [0, 0.05) is 12.8 Å². The second-order valence-corrected chi connectivity index (χ2v) is 14.0. The Kier molecular flexibility index (Phi) is 8.21. The van der Waals surface area contributed by atoms with Gasteiger partial charge in [0.1, 0.15) is 11.5 Å². The highest BCUT2D eigenvalue weighted by Crippen LogP contribution is 2.56. The van der Waals surface area contributed by atoms with Crippen molar-refractivity contribution in [2.75, 3.05) is 0 Å². The van der Waals surface area contributed by atoms with Crippen molar-refractivity contribution >= 4 is 0 Å². The number of hydrogen-bond donors (Lipinski definition) is 2. The average molecular weight is 683 g/mol. The minimum absolute atomic E-state index is 0.307. The van der Waals surface area contributed by atoms with Gasteiger partial charge >= 0.3 is 0 Å². The van der Waals surface area contributed by atoms with Gasteiger partial charge < -0.3 is 10.2 Å². The van der Waals surface area contributed by atoms with E-state index in [9.17, 15) is 10.2 Å². The van der Waals surface area contributed by atoms with E-state index in [1.807, 2.05) is 60.7 Å². The molecule has 0 unspecified atom stereocenters. The third-order valence-electron chi connectivity index (χ3n) is 10.8. The van der Waals surface area contributed by atoms with Crippen LogP contribution in [0.25, 0.3) is 33.4 Å². The lowest BCUT2D eigenvalue weighted by Gasteiger charge is -2.34. The van der Waals surface area contributed by atoms with Crippen LogP contribution in [-0.4, -0.2) is 10.2 Å². The Morgan fingerprint density at radius 2 is 0.736 bits per heavy atom. The van der Waals surface area contributed by atoms with Gasteiger partial charge in [0.15, 0.2) is 0 Å². The molecule has 0 fully saturated rings. The summed E-state index contributed by atoms with van der Waals surface area (Å²) in [5.74, 6) is 0.615. The number of phenols is 2. The molecule has 0 saturated carbocycles. The van der Waals surface area contributed by atoms with E-state index in [0.29, 0.717) is 24.3 Å². The number of phenolic OH excluding ortho intramolecular Hbond substituents is 2. The molecule has 53 heavy (non-hydrogen) atoms. The molecule has 0 saturated heterocycles. The summed E-state index contributed by atoms with van der Waals surface area (Å²) in [6.45, 7) is 0. The van der Waals surface area contributed by atoms with E-state index in [4.69, 9.17) is 0 Å². The maximum absolute atomic E-state index is 10.9. The summed E-state index contributed by atoms with van der Waals surface area (Å²) in [6.07, 6.45) is 1.31. The fourth-order valence-corrected chi connectivity index (χ4v) is 8.33. The predicted octanol–water partition coefficient (Wildman–Crippen LogP) is 12.0. The molecule has 0 amide bonds. The van der Waals surface area contributed by atoms with Crippen molar-refractivity contribution in [2.45, 2.75) is 18.3 Å². The Morgan fingerprint density at radius 1 is 0.340 bits per heavy atom. The molecule has 9 rings (SSSR count). The van der Waals surface area contributed by atoms with E-state index in [1.54, 1.807) is 0 Å². The van der Waals surface area contributed by atoms with Gasteiger partial charge in [-0.2, -0.15) is 0 Å². The molecule has 0 bridgehead atoms. The van der Waals surface area contributed by atoms with Gasteiger partial charge in [-0.15, -0.1) is 0 Å². The van der Waals surface area contributed by atoms with Crippen LogP contribution in [0.5, 0.6) is 11.5 Å². The topological polar surface area (TPSA) is 40.5 Å². The maximum Gasteiger partial charge on any atom is 0.119 e. The summed E-state index contributed by atoms with van der Waals surface area (Å²) in [5.41, 5.74) is 15.2. The molecule has 1 aliphatic carbocycles. The Balaban J connectivity index is 1.21. The monoisotopic (exact) mass is 682 g/mol. The number of rotatable bonds is 8. The molecule has 0 aromatic heterocycles. The van der Waals surface area contributed by atoms with E-state index < -0.39 is 5.41 Å².